The van der Waals surface area contributed by atoms with Crippen LogP contribution in [0.3, 0.4) is 0 Å². The normalized spacial score (nSPS) is 9.79. The van der Waals surface area contributed by atoms with Crippen molar-refractivity contribution in [2.24, 2.45) is 0 Å². The molecule has 3 N–H and O–H groups in total. The number of halogens is 1. The fourth-order valence-electron chi connectivity index (χ4n) is 1.37. The van der Waals surface area contributed by atoms with Crippen LogP contribution in [-0.2, 0) is 4.79 Å². The molecule has 0 aliphatic carbocycles. The largest absolute Gasteiger partial charge is 0.338 e. The molecular weight excluding hydrogens is 249 g/mol. The monoisotopic (exact) mass is 267 g/mol. The topological polar surface area (TPSA) is 70.2 Å². The summed E-state index contributed by atoms with van der Waals surface area (Å²) in [6, 6.07) is 5.18. The number of benzene rings is 1. The summed E-state index contributed by atoms with van der Waals surface area (Å²) in [6.45, 7) is 2.44. The summed E-state index contributed by atoms with van der Waals surface area (Å²) in [7, 11) is 0. The zero-order valence-electron chi connectivity index (χ0n) is 10.8. The molecule has 0 saturated heterocycles. The van der Waals surface area contributed by atoms with Crippen molar-refractivity contribution in [3.05, 3.63) is 30.1 Å². The number of unbranched alkanes of at least 4 members (excludes halogenated alkanes) is 1. The van der Waals surface area contributed by atoms with E-state index in [0.717, 1.165) is 12.8 Å². The first kappa shape index (κ1) is 14.9. The van der Waals surface area contributed by atoms with E-state index in [2.05, 4.69) is 16.0 Å². The van der Waals surface area contributed by atoms with Gasteiger partial charge in [-0.2, -0.15) is 0 Å². The molecule has 1 aromatic carbocycles. The first-order chi connectivity index (χ1) is 9.11. The van der Waals surface area contributed by atoms with E-state index in [1.165, 1.54) is 18.2 Å². The van der Waals surface area contributed by atoms with Crippen LogP contribution in [0.2, 0.25) is 0 Å². The molecule has 0 bridgehead atoms. The quantitative estimate of drug-likeness (QED) is 0.688. The molecule has 0 heterocycles. The third-order valence-electron chi connectivity index (χ3n) is 2.33. The highest BCUT2D eigenvalue weighted by Gasteiger charge is 2.05. The summed E-state index contributed by atoms with van der Waals surface area (Å²) < 4.78 is 12.9. The molecule has 0 saturated carbocycles. The predicted octanol–water partition coefficient (Wildman–Crippen LogP) is 1.86. The van der Waals surface area contributed by atoms with Crippen LogP contribution in [0.25, 0.3) is 0 Å². The standard InChI is InChI=1S/C13H18FN3O2/c1-2-3-7-15-13(19)16-9-12(18)17-11-6-4-5-10(14)8-11/h4-6,8H,2-3,7,9H2,1H3,(H,17,18)(H2,15,16,19). The molecule has 1 aromatic rings. The second kappa shape index (κ2) is 8.07. The third kappa shape index (κ3) is 6.40. The first-order valence-electron chi connectivity index (χ1n) is 6.19. The van der Waals surface area contributed by atoms with Gasteiger partial charge in [-0.1, -0.05) is 19.4 Å². The maximum absolute atomic E-state index is 12.9. The molecule has 0 spiro atoms. The molecule has 0 unspecified atom stereocenters. The first-order valence-corrected chi connectivity index (χ1v) is 6.19. The fourth-order valence-corrected chi connectivity index (χ4v) is 1.37. The predicted molar refractivity (Wildman–Crippen MR) is 71.3 cm³/mol. The zero-order valence-corrected chi connectivity index (χ0v) is 10.8. The van der Waals surface area contributed by atoms with Crippen molar-refractivity contribution in [3.8, 4) is 0 Å². The molecule has 1 rings (SSSR count). The van der Waals surface area contributed by atoms with E-state index in [1.807, 2.05) is 6.92 Å². The number of hydrogen-bond acceptors (Lipinski definition) is 2. The SMILES string of the molecule is CCCCNC(=O)NCC(=O)Nc1cccc(F)c1. The minimum absolute atomic E-state index is 0.158. The van der Waals surface area contributed by atoms with Crippen molar-refractivity contribution in [2.75, 3.05) is 18.4 Å². The highest BCUT2D eigenvalue weighted by atomic mass is 19.1. The molecule has 0 aromatic heterocycles. The average Bonchev–Trinajstić information content (AvgIpc) is 2.37. The van der Waals surface area contributed by atoms with Crippen LogP contribution < -0.4 is 16.0 Å². The number of amides is 3. The van der Waals surface area contributed by atoms with Gasteiger partial charge in [-0.05, 0) is 24.6 Å². The van der Waals surface area contributed by atoms with Crippen molar-refractivity contribution >= 4 is 17.6 Å². The summed E-state index contributed by atoms with van der Waals surface area (Å²) in [5.74, 6) is -0.834. The third-order valence-corrected chi connectivity index (χ3v) is 2.33. The summed E-state index contributed by atoms with van der Waals surface area (Å²) >= 11 is 0. The van der Waals surface area contributed by atoms with E-state index in [9.17, 15) is 14.0 Å². The second-order valence-electron chi connectivity index (χ2n) is 4.02. The zero-order chi connectivity index (χ0) is 14.1. The van der Waals surface area contributed by atoms with Crippen LogP contribution in [0, 0.1) is 5.82 Å². The van der Waals surface area contributed by atoms with Crippen LogP contribution in [0.5, 0.6) is 0 Å². The number of anilines is 1. The van der Waals surface area contributed by atoms with Crippen molar-refractivity contribution in [1.29, 1.82) is 0 Å². The summed E-state index contributed by atoms with van der Waals surface area (Å²) in [4.78, 5) is 22.7. The lowest BCUT2D eigenvalue weighted by Crippen LogP contribution is -2.40. The average molecular weight is 267 g/mol. The molecule has 0 aliphatic rings. The van der Waals surface area contributed by atoms with E-state index >= 15 is 0 Å². The minimum Gasteiger partial charge on any atom is -0.338 e. The lowest BCUT2D eigenvalue weighted by Gasteiger charge is -2.08. The van der Waals surface area contributed by atoms with E-state index in [0.29, 0.717) is 12.2 Å². The highest BCUT2D eigenvalue weighted by Crippen LogP contribution is 2.08. The lowest BCUT2D eigenvalue weighted by atomic mass is 10.3. The maximum Gasteiger partial charge on any atom is 0.315 e. The Bertz CT molecular complexity index is 438. The van der Waals surface area contributed by atoms with Gasteiger partial charge in [0.1, 0.15) is 5.82 Å². The van der Waals surface area contributed by atoms with Crippen LogP contribution in [0.1, 0.15) is 19.8 Å². The minimum atomic E-state index is -0.428. The van der Waals surface area contributed by atoms with E-state index < -0.39 is 11.7 Å². The fraction of sp³-hybridized carbons (Fsp3) is 0.385. The molecule has 104 valence electrons. The molecule has 0 aliphatic heterocycles. The number of carbonyl (C=O) groups is 2. The van der Waals surface area contributed by atoms with Gasteiger partial charge in [0.15, 0.2) is 0 Å². The summed E-state index contributed by atoms with van der Waals surface area (Å²) in [6.07, 6.45) is 1.88. The smallest absolute Gasteiger partial charge is 0.315 e. The van der Waals surface area contributed by atoms with E-state index in [-0.39, 0.29) is 12.6 Å². The number of hydrogen-bond donors (Lipinski definition) is 3. The molecule has 5 nitrogen and oxygen atoms in total. The van der Waals surface area contributed by atoms with Gasteiger partial charge in [-0.15, -0.1) is 0 Å². The Morgan fingerprint density at radius 3 is 2.74 bits per heavy atom. The summed E-state index contributed by atoms with van der Waals surface area (Å²) in [5, 5.41) is 7.53. The number of rotatable bonds is 6. The molecular formula is C13H18FN3O2. The van der Waals surface area contributed by atoms with Gasteiger partial charge in [0.05, 0.1) is 6.54 Å². The Morgan fingerprint density at radius 2 is 2.05 bits per heavy atom. The molecule has 0 atom stereocenters. The molecule has 0 radical (unpaired) electrons. The molecule has 6 heteroatoms. The van der Waals surface area contributed by atoms with Gasteiger partial charge < -0.3 is 16.0 Å². The van der Waals surface area contributed by atoms with Crippen molar-refractivity contribution < 1.29 is 14.0 Å². The molecule has 3 amide bonds. The summed E-state index contributed by atoms with van der Waals surface area (Å²) in [5.41, 5.74) is 0.359. The number of urea groups is 1. The second-order valence-corrected chi connectivity index (χ2v) is 4.02. The maximum atomic E-state index is 12.9. The van der Waals surface area contributed by atoms with Crippen LogP contribution in [0.15, 0.2) is 24.3 Å². The van der Waals surface area contributed by atoms with Crippen molar-refractivity contribution in [3.63, 3.8) is 0 Å². The van der Waals surface area contributed by atoms with Crippen LogP contribution >= 0.6 is 0 Å². The van der Waals surface area contributed by atoms with Gasteiger partial charge in [-0.25, -0.2) is 9.18 Å². The number of nitrogens with one attached hydrogen (secondary N) is 3. The Balaban J connectivity index is 2.26. The van der Waals surface area contributed by atoms with Crippen LogP contribution in [-0.4, -0.2) is 25.0 Å². The molecule has 0 fully saturated rings. The van der Waals surface area contributed by atoms with Crippen molar-refractivity contribution in [1.82, 2.24) is 10.6 Å². The Morgan fingerprint density at radius 1 is 1.26 bits per heavy atom. The number of carbonyl (C=O) groups excluding carboxylic acids is 2. The van der Waals surface area contributed by atoms with E-state index in [1.54, 1.807) is 6.07 Å². The van der Waals surface area contributed by atoms with Gasteiger partial charge in [0.25, 0.3) is 0 Å². The highest BCUT2D eigenvalue weighted by molar-refractivity contribution is 5.94. The Kier molecular flexibility index (Phi) is 6.35. The van der Waals surface area contributed by atoms with Gasteiger partial charge in [0.2, 0.25) is 5.91 Å². The van der Waals surface area contributed by atoms with Crippen molar-refractivity contribution in [2.45, 2.75) is 19.8 Å². The Labute approximate surface area is 111 Å². The van der Waals surface area contributed by atoms with Gasteiger partial charge in [0, 0.05) is 12.2 Å². The lowest BCUT2D eigenvalue weighted by molar-refractivity contribution is -0.115. The Hall–Kier alpha value is -2.11. The van der Waals surface area contributed by atoms with Crippen LogP contribution in [0.4, 0.5) is 14.9 Å². The van der Waals surface area contributed by atoms with Gasteiger partial charge >= 0.3 is 6.03 Å². The van der Waals surface area contributed by atoms with Gasteiger partial charge in [-0.3, -0.25) is 4.79 Å². The molecule has 19 heavy (non-hydrogen) atoms. The van der Waals surface area contributed by atoms with E-state index in [4.69, 9.17) is 0 Å².